The van der Waals surface area contributed by atoms with E-state index in [4.69, 9.17) is 9.47 Å². The van der Waals surface area contributed by atoms with Crippen LogP contribution in [0.1, 0.15) is 34.7 Å². The molecule has 1 unspecified atom stereocenters. The average Bonchev–Trinajstić information content (AvgIpc) is 3.15. The van der Waals surface area contributed by atoms with Gasteiger partial charge in [-0.25, -0.2) is 9.37 Å². The van der Waals surface area contributed by atoms with Crippen LogP contribution in [0.4, 0.5) is 4.39 Å². The first-order chi connectivity index (χ1) is 14.4. The van der Waals surface area contributed by atoms with Crippen molar-refractivity contribution in [2.75, 3.05) is 13.7 Å². The van der Waals surface area contributed by atoms with E-state index in [9.17, 15) is 14.0 Å². The van der Waals surface area contributed by atoms with E-state index in [0.29, 0.717) is 28.5 Å². The van der Waals surface area contributed by atoms with Gasteiger partial charge < -0.3 is 19.4 Å². The van der Waals surface area contributed by atoms with E-state index in [1.807, 2.05) is 0 Å². The third-order valence-corrected chi connectivity index (χ3v) is 4.53. The Kier molecular flexibility index (Phi) is 6.46. The summed E-state index contributed by atoms with van der Waals surface area (Å²) in [4.78, 5) is 28.4. The van der Waals surface area contributed by atoms with Crippen LogP contribution in [0.5, 0.6) is 11.5 Å². The van der Waals surface area contributed by atoms with Crippen LogP contribution in [0.25, 0.3) is 0 Å². The summed E-state index contributed by atoms with van der Waals surface area (Å²) in [6.07, 6.45) is 3.34. The second-order valence-electron chi connectivity index (χ2n) is 6.66. The third-order valence-electron chi connectivity index (χ3n) is 4.53. The number of aryl methyl sites for hydroxylation is 1. The Morgan fingerprint density at radius 1 is 1.20 bits per heavy atom. The van der Waals surface area contributed by atoms with Crippen molar-refractivity contribution in [3.05, 3.63) is 77.6 Å². The van der Waals surface area contributed by atoms with Crippen LogP contribution in [-0.2, 0) is 11.8 Å². The van der Waals surface area contributed by atoms with Crippen molar-refractivity contribution >= 4 is 11.7 Å². The van der Waals surface area contributed by atoms with Gasteiger partial charge in [-0.15, -0.1) is 0 Å². The number of rotatable bonds is 8. The molecule has 1 N–H and O–H groups in total. The molecule has 0 spiro atoms. The first-order valence-electron chi connectivity index (χ1n) is 9.23. The fraction of sp³-hybridized carbons (Fsp3) is 0.227. The number of hydrogen-bond donors (Lipinski definition) is 1. The molecule has 1 aromatic heterocycles. The van der Waals surface area contributed by atoms with Crippen molar-refractivity contribution < 1.29 is 23.5 Å². The molecule has 1 heterocycles. The summed E-state index contributed by atoms with van der Waals surface area (Å²) < 4.78 is 26.3. The van der Waals surface area contributed by atoms with E-state index in [1.54, 1.807) is 54.3 Å². The number of carbonyl (C=O) groups is 2. The van der Waals surface area contributed by atoms with Crippen molar-refractivity contribution in [1.29, 1.82) is 0 Å². The van der Waals surface area contributed by atoms with Gasteiger partial charge in [0.2, 0.25) is 0 Å². The number of hydrogen-bond acceptors (Lipinski definition) is 5. The number of nitrogens with one attached hydrogen (secondary N) is 1. The number of ketones is 1. The van der Waals surface area contributed by atoms with Crippen LogP contribution in [0, 0.1) is 5.82 Å². The van der Waals surface area contributed by atoms with Crippen LogP contribution < -0.4 is 14.8 Å². The summed E-state index contributed by atoms with van der Waals surface area (Å²) in [6, 6.07) is 10.0. The predicted octanol–water partition coefficient (Wildman–Crippen LogP) is 3.06. The molecule has 0 aliphatic rings. The lowest BCUT2D eigenvalue weighted by molar-refractivity contribution is -0.123. The van der Waals surface area contributed by atoms with Gasteiger partial charge in [-0.2, -0.15) is 0 Å². The number of methoxy groups -OCH3 is 1. The van der Waals surface area contributed by atoms with Crippen LogP contribution >= 0.6 is 0 Å². The summed E-state index contributed by atoms with van der Waals surface area (Å²) in [6.45, 7) is 1.15. The molecule has 3 rings (SSSR count). The van der Waals surface area contributed by atoms with E-state index in [-0.39, 0.29) is 12.4 Å². The van der Waals surface area contributed by atoms with E-state index in [1.165, 1.54) is 26.2 Å². The molecular weight excluding hydrogens is 389 g/mol. The van der Waals surface area contributed by atoms with Crippen LogP contribution in [0.2, 0.25) is 0 Å². The minimum Gasteiger partial charge on any atom is -0.493 e. The largest absolute Gasteiger partial charge is 0.493 e. The van der Waals surface area contributed by atoms with Crippen molar-refractivity contribution in [1.82, 2.24) is 14.9 Å². The topological polar surface area (TPSA) is 82.4 Å². The molecule has 0 aliphatic carbocycles. The zero-order valence-electron chi connectivity index (χ0n) is 16.9. The lowest BCUT2D eigenvalue weighted by Crippen LogP contribution is -2.34. The fourth-order valence-corrected chi connectivity index (χ4v) is 2.99. The maximum absolute atomic E-state index is 13.7. The van der Waals surface area contributed by atoms with Gasteiger partial charge >= 0.3 is 0 Å². The Labute approximate surface area is 173 Å². The van der Waals surface area contributed by atoms with E-state index < -0.39 is 17.8 Å². The van der Waals surface area contributed by atoms with Crippen molar-refractivity contribution in [3.8, 4) is 11.5 Å². The zero-order chi connectivity index (χ0) is 21.7. The second kappa shape index (κ2) is 9.21. The molecule has 30 heavy (non-hydrogen) atoms. The van der Waals surface area contributed by atoms with Crippen molar-refractivity contribution in [3.63, 3.8) is 0 Å². The molecule has 2 aromatic carbocycles. The van der Waals surface area contributed by atoms with Gasteiger partial charge in [0.05, 0.1) is 7.11 Å². The maximum atomic E-state index is 13.7. The number of benzene rings is 2. The quantitative estimate of drug-likeness (QED) is 0.576. The lowest BCUT2D eigenvalue weighted by Gasteiger charge is -2.19. The van der Waals surface area contributed by atoms with Crippen LogP contribution in [-0.4, -0.2) is 35.0 Å². The number of nitrogens with zero attached hydrogens (tertiary/aromatic N) is 2. The van der Waals surface area contributed by atoms with Gasteiger partial charge in [-0.1, -0.05) is 12.1 Å². The first-order valence-corrected chi connectivity index (χ1v) is 9.23. The molecule has 1 atom stereocenters. The summed E-state index contributed by atoms with van der Waals surface area (Å²) >= 11 is 0. The number of carbonyl (C=O) groups excluding carboxylic acids is 2. The van der Waals surface area contributed by atoms with Gasteiger partial charge in [0.25, 0.3) is 5.91 Å². The van der Waals surface area contributed by atoms with E-state index in [2.05, 4.69) is 10.3 Å². The van der Waals surface area contributed by atoms with Gasteiger partial charge in [-0.3, -0.25) is 9.59 Å². The molecule has 8 heteroatoms. The molecule has 0 radical (unpaired) electrons. The number of halogens is 1. The SMILES string of the molecule is COc1cc(C(C)=O)ccc1OCC(=O)NC(c1cccc(F)c1)c1nccn1C. The zero-order valence-corrected chi connectivity index (χ0v) is 16.9. The highest BCUT2D eigenvalue weighted by Gasteiger charge is 2.22. The number of Topliss-reactive ketones (excluding diaryl/α,β-unsaturated/α-hetero) is 1. The normalized spacial score (nSPS) is 11.6. The van der Waals surface area contributed by atoms with E-state index >= 15 is 0 Å². The van der Waals surface area contributed by atoms with Crippen molar-refractivity contribution in [2.45, 2.75) is 13.0 Å². The molecule has 3 aromatic rings. The molecule has 156 valence electrons. The summed E-state index contributed by atoms with van der Waals surface area (Å²) in [5.41, 5.74) is 1.03. The maximum Gasteiger partial charge on any atom is 0.258 e. The Hall–Kier alpha value is -3.68. The Morgan fingerprint density at radius 3 is 2.63 bits per heavy atom. The third kappa shape index (κ3) is 4.83. The number of amides is 1. The summed E-state index contributed by atoms with van der Waals surface area (Å²) in [7, 11) is 3.24. The number of aromatic nitrogens is 2. The van der Waals surface area contributed by atoms with Gasteiger partial charge in [0.1, 0.15) is 17.7 Å². The molecule has 0 aliphatic heterocycles. The first kappa shape index (κ1) is 21.0. The van der Waals surface area contributed by atoms with Gasteiger partial charge in [-0.05, 0) is 42.8 Å². The molecule has 0 bridgehead atoms. The van der Waals surface area contributed by atoms with E-state index in [0.717, 1.165) is 0 Å². The highest BCUT2D eigenvalue weighted by molar-refractivity contribution is 5.94. The smallest absolute Gasteiger partial charge is 0.258 e. The Morgan fingerprint density at radius 2 is 2.00 bits per heavy atom. The molecule has 0 saturated carbocycles. The lowest BCUT2D eigenvalue weighted by atomic mass is 10.1. The van der Waals surface area contributed by atoms with Crippen molar-refractivity contribution in [2.24, 2.45) is 7.05 Å². The number of imidazole rings is 1. The Balaban J connectivity index is 1.76. The molecule has 7 nitrogen and oxygen atoms in total. The van der Waals surface area contributed by atoms with Gasteiger partial charge in [0, 0.05) is 25.0 Å². The summed E-state index contributed by atoms with van der Waals surface area (Å²) in [5.74, 6) is 0.290. The fourth-order valence-electron chi connectivity index (χ4n) is 2.99. The average molecular weight is 411 g/mol. The summed E-state index contributed by atoms with van der Waals surface area (Å²) in [5, 5.41) is 2.83. The molecular formula is C22H22FN3O4. The second-order valence-corrected chi connectivity index (χ2v) is 6.66. The van der Waals surface area contributed by atoms with Gasteiger partial charge in [0.15, 0.2) is 23.9 Å². The minimum absolute atomic E-state index is 0.106. The molecule has 1 amide bonds. The minimum atomic E-state index is -0.654. The highest BCUT2D eigenvalue weighted by Crippen LogP contribution is 2.28. The highest BCUT2D eigenvalue weighted by atomic mass is 19.1. The monoisotopic (exact) mass is 411 g/mol. The van der Waals surface area contributed by atoms with Crippen LogP contribution in [0.3, 0.4) is 0 Å². The van der Waals surface area contributed by atoms with Crippen LogP contribution in [0.15, 0.2) is 54.9 Å². The number of ether oxygens (including phenoxy) is 2. The Bertz CT molecular complexity index is 1060. The molecule has 0 fully saturated rings. The predicted molar refractivity (Wildman–Crippen MR) is 108 cm³/mol. The molecule has 0 saturated heterocycles. The standard InChI is InChI=1S/C22H22FN3O4/c1-14(27)15-7-8-18(19(12-15)29-3)30-13-20(28)25-21(22-24-9-10-26(22)2)16-5-4-6-17(23)11-16/h4-12,21H,13H2,1-3H3,(H,25,28).